The number of hydrogen-bond acceptors (Lipinski definition) is 2. The van der Waals surface area contributed by atoms with E-state index >= 15 is 0 Å². The van der Waals surface area contributed by atoms with E-state index in [2.05, 4.69) is 44.8 Å². The molecule has 0 spiro atoms. The monoisotopic (exact) mass is 212 g/mol. The second-order valence-electron chi connectivity index (χ2n) is 5.28. The first-order valence-corrected chi connectivity index (χ1v) is 6.59. The van der Waals surface area contributed by atoms with Crippen LogP contribution in [-0.4, -0.2) is 36.1 Å². The lowest BCUT2D eigenvalue weighted by Gasteiger charge is -2.45. The summed E-state index contributed by atoms with van der Waals surface area (Å²) >= 11 is 0. The van der Waals surface area contributed by atoms with Crippen LogP contribution in [0.5, 0.6) is 0 Å². The minimum atomic E-state index is 0.703. The SMILES string of the molecule is CCC1CN(C(C)CC)C(C(C)C)CN1. The van der Waals surface area contributed by atoms with E-state index in [-0.39, 0.29) is 0 Å². The summed E-state index contributed by atoms with van der Waals surface area (Å²) in [4.78, 5) is 2.72. The van der Waals surface area contributed by atoms with Crippen LogP contribution < -0.4 is 5.32 Å². The van der Waals surface area contributed by atoms with Gasteiger partial charge in [-0.05, 0) is 25.7 Å². The van der Waals surface area contributed by atoms with Gasteiger partial charge in [-0.25, -0.2) is 0 Å². The summed E-state index contributed by atoms with van der Waals surface area (Å²) in [6, 6.07) is 2.16. The molecule has 0 aromatic carbocycles. The topological polar surface area (TPSA) is 15.3 Å². The summed E-state index contributed by atoms with van der Waals surface area (Å²) in [7, 11) is 0. The molecular weight excluding hydrogens is 184 g/mol. The summed E-state index contributed by atoms with van der Waals surface area (Å²) in [6.07, 6.45) is 2.51. The minimum absolute atomic E-state index is 0.703. The van der Waals surface area contributed by atoms with Crippen LogP contribution in [0.2, 0.25) is 0 Å². The van der Waals surface area contributed by atoms with Gasteiger partial charge in [-0.2, -0.15) is 0 Å². The van der Waals surface area contributed by atoms with Gasteiger partial charge in [-0.15, -0.1) is 0 Å². The van der Waals surface area contributed by atoms with Gasteiger partial charge in [0.2, 0.25) is 0 Å². The minimum Gasteiger partial charge on any atom is -0.311 e. The summed E-state index contributed by atoms with van der Waals surface area (Å²) < 4.78 is 0. The van der Waals surface area contributed by atoms with Crippen LogP contribution in [0, 0.1) is 5.92 Å². The predicted octanol–water partition coefficient (Wildman–Crippen LogP) is 2.49. The van der Waals surface area contributed by atoms with Gasteiger partial charge in [0.05, 0.1) is 0 Å². The molecular formula is C13H28N2. The molecule has 0 radical (unpaired) electrons. The zero-order chi connectivity index (χ0) is 11.4. The Hall–Kier alpha value is -0.0800. The van der Waals surface area contributed by atoms with E-state index in [0.29, 0.717) is 6.04 Å². The van der Waals surface area contributed by atoms with Gasteiger partial charge in [0.25, 0.3) is 0 Å². The molecule has 1 N–H and O–H groups in total. The van der Waals surface area contributed by atoms with E-state index in [9.17, 15) is 0 Å². The standard InChI is InChI=1S/C13H28N2/c1-6-11(5)15-9-12(7-2)14-8-13(15)10(3)4/h10-14H,6-9H2,1-5H3. The van der Waals surface area contributed by atoms with Crippen molar-refractivity contribution in [3.05, 3.63) is 0 Å². The number of hydrogen-bond donors (Lipinski definition) is 1. The lowest BCUT2D eigenvalue weighted by Crippen LogP contribution is -2.60. The van der Waals surface area contributed by atoms with Crippen molar-refractivity contribution in [2.45, 2.75) is 65.6 Å². The molecule has 3 atom stereocenters. The fourth-order valence-corrected chi connectivity index (χ4v) is 2.49. The summed E-state index contributed by atoms with van der Waals surface area (Å²) in [6.45, 7) is 14.0. The van der Waals surface area contributed by atoms with Crippen LogP contribution in [0.1, 0.15) is 47.5 Å². The third-order valence-corrected chi connectivity index (χ3v) is 3.89. The fourth-order valence-electron chi connectivity index (χ4n) is 2.49. The normalized spacial score (nSPS) is 30.8. The fraction of sp³-hybridized carbons (Fsp3) is 1.00. The maximum Gasteiger partial charge on any atom is 0.0247 e. The van der Waals surface area contributed by atoms with Crippen molar-refractivity contribution in [1.29, 1.82) is 0 Å². The molecule has 1 fully saturated rings. The third-order valence-electron chi connectivity index (χ3n) is 3.89. The maximum absolute atomic E-state index is 3.67. The highest BCUT2D eigenvalue weighted by molar-refractivity contribution is 4.89. The lowest BCUT2D eigenvalue weighted by atomic mass is 9.95. The summed E-state index contributed by atoms with van der Waals surface area (Å²) in [5, 5.41) is 3.67. The van der Waals surface area contributed by atoms with Crippen molar-refractivity contribution in [3.63, 3.8) is 0 Å². The van der Waals surface area contributed by atoms with Crippen LogP contribution in [0.15, 0.2) is 0 Å². The third kappa shape index (κ3) is 3.18. The van der Waals surface area contributed by atoms with Crippen LogP contribution in [-0.2, 0) is 0 Å². The first-order valence-electron chi connectivity index (χ1n) is 6.59. The molecule has 3 unspecified atom stereocenters. The van der Waals surface area contributed by atoms with Crippen LogP contribution in [0.3, 0.4) is 0 Å². The molecule has 1 saturated heterocycles. The average molecular weight is 212 g/mol. The molecule has 90 valence electrons. The van der Waals surface area contributed by atoms with Gasteiger partial charge < -0.3 is 5.32 Å². The Balaban J connectivity index is 2.64. The highest BCUT2D eigenvalue weighted by Crippen LogP contribution is 2.20. The first-order chi connectivity index (χ1) is 7.10. The van der Waals surface area contributed by atoms with Gasteiger partial charge in [-0.3, -0.25) is 4.90 Å². The Morgan fingerprint density at radius 3 is 2.40 bits per heavy atom. The van der Waals surface area contributed by atoms with Crippen molar-refractivity contribution in [2.24, 2.45) is 5.92 Å². The van der Waals surface area contributed by atoms with Crippen molar-refractivity contribution in [1.82, 2.24) is 10.2 Å². The van der Waals surface area contributed by atoms with E-state index in [1.54, 1.807) is 0 Å². The largest absolute Gasteiger partial charge is 0.311 e. The molecule has 2 heteroatoms. The molecule has 0 amide bonds. The van der Waals surface area contributed by atoms with Crippen molar-refractivity contribution in [2.75, 3.05) is 13.1 Å². The molecule has 1 heterocycles. The molecule has 1 rings (SSSR count). The van der Waals surface area contributed by atoms with Crippen LogP contribution in [0.25, 0.3) is 0 Å². The number of nitrogens with one attached hydrogen (secondary N) is 1. The Kier molecular flexibility index (Phi) is 5.07. The molecule has 0 aromatic heterocycles. The van der Waals surface area contributed by atoms with Gasteiger partial charge in [-0.1, -0.05) is 27.7 Å². The molecule has 2 nitrogen and oxygen atoms in total. The van der Waals surface area contributed by atoms with Crippen LogP contribution in [0.4, 0.5) is 0 Å². The molecule has 0 aliphatic carbocycles. The second-order valence-corrected chi connectivity index (χ2v) is 5.28. The van der Waals surface area contributed by atoms with Crippen molar-refractivity contribution < 1.29 is 0 Å². The smallest absolute Gasteiger partial charge is 0.0247 e. The number of nitrogens with zero attached hydrogens (tertiary/aromatic N) is 1. The zero-order valence-corrected chi connectivity index (χ0v) is 11.1. The quantitative estimate of drug-likeness (QED) is 0.770. The Labute approximate surface area is 95.4 Å². The van der Waals surface area contributed by atoms with Gasteiger partial charge >= 0.3 is 0 Å². The predicted molar refractivity (Wildman–Crippen MR) is 67.2 cm³/mol. The van der Waals surface area contributed by atoms with E-state index in [4.69, 9.17) is 0 Å². The molecule has 0 bridgehead atoms. The second kappa shape index (κ2) is 5.86. The summed E-state index contributed by atoms with van der Waals surface area (Å²) in [5.74, 6) is 0.754. The molecule has 0 saturated carbocycles. The van der Waals surface area contributed by atoms with Crippen molar-refractivity contribution >= 4 is 0 Å². The first kappa shape index (κ1) is 13.0. The maximum atomic E-state index is 3.67. The van der Waals surface area contributed by atoms with E-state index in [1.807, 2.05) is 0 Å². The lowest BCUT2D eigenvalue weighted by molar-refractivity contribution is 0.0599. The average Bonchev–Trinajstić information content (AvgIpc) is 2.26. The zero-order valence-electron chi connectivity index (χ0n) is 11.1. The van der Waals surface area contributed by atoms with Gasteiger partial charge in [0.15, 0.2) is 0 Å². The molecule has 15 heavy (non-hydrogen) atoms. The van der Waals surface area contributed by atoms with Crippen LogP contribution >= 0.6 is 0 Å². The van der Waals surface area contributed by atoms with Gasteiger partial charge in [0.1, 0.15) is 0 Å². The molecule has 1 aliphatic rings. The molecule has 1 aliphatic heterocycles. The number of piperazine rings is 1. The van der Waals surface area contributed by atoms with E-state index in [0.717, 1.165) is 18.0 Å². The van der Waals surface area contributed by atoms with E-state index < -0.39 is 0 Å². The van der Waals surface area contributed by atoms with E-state index in [1.165, 1.54) is 25.9 Å². The highest BCUT2D eigenvalue weighted by Gasteiger charge is 2.31. The van der Waals surface area contributed by atoms with Crippen molar-refractivity contribution in [3.8, 4) is 0 Å². The Morgan fingerprint density at radius 1 is 1.27 bits per heavy atom. The van der Waals surface area contributed by atoms with Gasteiger partial charge in [0, 0.05) is 31.2 Å². The summed E-state index contributed by atoms with van der Waals surface area (Å²) in [5.41, 5.74) is 0. The highest BCUT2D eigenvalue weighted by atomic mass is 15.3. The Bertz CT molecular complexity index is 179. The number of rotatable bonds is 4. The Morgan fingerprint density at radius 2 is 1.93 bits per heavy atom. The molecule has 0 aromatic rings.